The zero-order chi connectivity index (χ0) is 21.0. The van der Waals surface area contributed by atoms with Crippen LogP contribution in [0.2, 0.25) is 0 Å². The standard InChI is InChI=1S/C20H20N2O6S/c1-21-29(26,27)15-10-8-14(9-11-15)20(25)28-13-5-4-12-22-18(23)16-6-2-3-7-17(16)19(22)24/h2-3,6-11,21H,4-5,12-13H2,1H3. The average molecular weight is 416 g/mol. The number of rotatable bonds is 8. The second kappa shape index (κ2) is 8.54. The Hall–Kier alpha value is -3.04. The number of nitrogens with one attached hydrogen (secondary N) is 1. The molecule has 3 rings (SSSR count). The molecular formula is C20H20N2O6S. The number of sulfonamides is 1. The first-order chi connectivity index (χ1) is 13.8. The normalized spacial score (nSPS) is 13.5. The van der Waals surface area contributed by atoms with E-state index in [0.29, 0.717) is 24.0 Å². The predicted molar refractivity (Wildman–Crippen MR) is 104 cm³/mol. The fourth-order valence-corrected chi connectivity index (χ4v) is 3.68. The summed E-state index contributed by atoms with van der Waals surface area (Å²) in [7, 11) is -2.26. The number of hydrogen-bond donors (Lipinski definition) is 1. The summed E-state index contributed by atoms with van der Waals surface area (Å²) in [5.41, 5.74) is 1.06. The molecule has 0 fully saturated rings. The Morgan fingerprint density at radius 2 is 1.55 bits per heavy atom. The molecule has 2 aromatic rings. The largest absolute Gasteiger partial charge is 0.462 e. The van der Waals surface area contributed by atoms with Crippen molar-refractivity contribution in [2.24, 2.45) is 0 Å². The number of carbonyl (C=O) groups excluding carboxylic acids is 3. The zero-order valence-electron chi connectivity index (χ0n) is 15.8. The van der Waals surface area contributed by atoms with Gasteiger partial charge in [0.15, 0.2) is 0 Å². The molecule has 0 bridgehead atoms. The fourth-order valence-electron chi connectivity index (χ4n) is 2.95. The molecule has 9 heteroatoms. The molecule has 0 unspecified atom stereocenters. The van der Waals surface area contributed by atoms with E-state index in [4.69, 9.17) is 4.74 Å². The molecule has 0 saturated carbocycles. The average Bonchev–Trinajstić information content (AvgIpc) is 2.98. The Labute approximate surface area is 168 Å². The quantitative estimate of drug-likeness (QED) is 0.399. The molecule has 2 amide bonds. The highest BCUT2D eigenvalue weighted by molar-refractivity contribution is 7.89. The lowest BCUT2D eigenvalue weighted by molar-refractivity contribution is 0.0485. The smallest absolute Gasteiger partial charge is 0.338 e. The lowest BCUT2D eigenvalue weighted by atomic mass is 10.1. The Morgan fingerprint density at radius 1 is 0.966 bits per heavy atom. The summed E-state index contributed by atoms with van der Waals surface area (Å²) in [6.07, 6.45) is 0.976. The number of imide groups is 1. The highest BCUT2D eigenvalue weighted by atomic mass is 32.2. The number of ether oxygens (including phenoxy) is 1. The minimum Gasteiger partial charge on any atom is -0.462 e. The van der Waals surface area contributed by atoms with Gasteiger partial charge < -0.3 is 4.74 Å². The van der Waals surface area contributed by atoms with Crippen LogP contribution in [-0.4, -0.2) is 51.3 Å². The SMILES string of the molecule is CNS(=O)(=O)c1ccc(C(=O)OCCCCN2C(=O)c3ccccc3C2=O)cc1. The van der Waals surface area contributed by atoms with Gasteiger partial charge in [-0.3, -0.25) is 14.5 Å². The molecule has 2 aromatic carbocycles. The number of carbonyl (C=O) groups is 3. The maximum Gasteiger partial charge on any atom is 0.338 e. The van der Waals surface area contributed by atoms with Gasteiger partial charge in [0.2, 0.25) is 10.0 Å². The van der Waals surface area contributed by atoms with Crippen molar-refractivity contribution in [3.63, 3.8) is 0 Å². The van der Waals surface area contributed by atoms with Gasteiger partial charge in [0.05, 0.1) is 28.2 Å². The molecule has 0 aromatic heterocycles. The van der Waals surface area contributed by atoms with Crippen molar-refractivity contribution in [3.8, 4) is 0 Å². The van der Waals surface area contributed by atoms with E-state index in [0.717, 1.165) is 0 Å². The molecule has 0 atom stereocenters. The van der Waals surface area contributed by atoms with Crippen molar-refractivity contribution in [1.29, 1.82) is 0 Å². The van der Waals surface area contributed by atoms with E-state index in [1.807, 2.05) is 0 Å². The minimum atomic E-state index is -3.56. The number of fused-ring (bicyclic) bond motifs is 1. The molecule has 29 heavy (non-hydrogen) atoms. The zero-order valence-corrected chi connectivity index (χ0v) is 16.6. The summed E-state index contributed by atoms with van der Waals surface area (Å²) < 4.78 is 30.7. The van der Waals surface area contributed by atoms with E-state index in [1.54, 1.807) is 24.3 Å². The summed E-state index contributed by atoms with van der Waals surface area (Å²) in [6, 6.07) is 12.1. The highest BCUT2D eigenvalue weighted by Gasteiger charge is 2.34. The molecule has 1 aliphatic heterocycles. The van der Waals surface area contributed by atoms with Gasteiger partial charge in [-0.1, -0.05) is 12.1 Å². The predicted octanol–water partition coefficient (Wildman–Crippen LogP) is 1.83. The van der Waals surface area contributed by atoms with Crippen LogP contribution >= 0.6 is 0 Å². The Kier molecular flexibility index (Phi) is 6.09. The van der Waals surface area contributed by atoms with E-state index in [2.05, 4.69) is 4.72 Å². The van der Waals surface area contributed by atoms with E-state index >= 15 is 0 Å². The number of amides is 2. The number of benzene rings is 2. The Morgan fingerprint density at radius 3 is 2.10 bits per heavy atom. The molecule has 1 heterocycles. The van der Waals surface area contributed by atoms with Gasteiger partial charge in [0.25, 0.3) is 11.8 Å². The van der Waals surface area contributed by atoms with Crippen LogP contribution in [0.25, 0.3) is 0 Å². The topological polar surface area (TPSA) is 110 Å². The van der Waals surface area contributed by atoms with Crippen LogP contribution in [0.4, 0.5) is 0 Å². The first-order valence-electron chi connectivity index (χ1n) is 9.01. The van der Waals surface area contributed by atoms with Gasteiger partial charge in [-0.15, -0.1) is 0 Å². The van der Waals surface area contributed by atoms with Crippen molar-refractivity contribution >= 4 is 27.8 Å². The number of unbranched alkanes of at least 4 members (excludes halogenated alkanes) is 1. The van der Waals surface area contributed by atoms with Crippen molar-refractivity contribution in [3.05, 3.63) is 65.2 Å². The van der Waals surface area contributed by atoms with E-state index < -0.39 is 16.0 Å². The molecule has 0 radical (unpaired) electrons. The number of nitrogens with zero attached hydrogens (tertiary/aromatic N) is 1. The molecule has 0 saturated heterocycles. The molecule has 152 valence electrons. The minimum absolute atomic E-state index is 0.0532. The second-order valence-corrected chi connectivity index (χ2v) is 8.27. The summed E-state index contributed by atoms with van der Waals surface area (Å²) in [5, 5.41) is 0. The van der Waals surface area contributed by atoms with E-state index in [-0.39, 0.29) is 35.4 Å². The Balaban J connectivity index is 1.45. The van der Waals surface area contributed by atoms with Gasteiger partial charge in [0.1, 0.15) is 0 Å². The molecule has 8 nitrogen and oxygen atoms in total. The third kappa shape index (κ3) is 4.36. The van der Waals surface area contributed by atoms with Gasteiger partial charge in [-0.25, -0.2) is 17.9 Å². The van der Waals surface area contributed by atoms with Gasteiger partial charge >= 0.3 is 5.97 Å². The lowest BCUT2D eigenvalue weighted by Gasteiger charge is -2.13. The Bertz CT molecular complexity index is 1010. The van der Waals surface area contributed by atoms with Crippen molar-refractivity contribution in [2.75, 3.05) is 20.2 Å². The van der Waals surface area contributed by atoms with E-state index in [9.17, 15) is 22.8 Å². The van der Waals surface area contributed by atoms with Crippen LogP contribution < -0.4 is 4.72 Å². The van der Waals surface area contributed by atoms with Crippen molar-refractivity contribution in [2.45, 2.75) is 17.7 Å². The fraction of sp³-hybridized carbons (Fsp3) is 0.250. The van der Waals surface area contributed by atoms with Gasteiger partial charge in [-0.05, 0) is 56.3 Å². The van der Waals surface area contributed by atoms with Gasteiger partial charge in [0, 0.05) is 6.54 Å². The number of esters is 1. The van der Waals surface area contributed by atoms with E-state index in [1.165, 1.54) is 36.2 Å². The lowest BCUT2D eigenvalue weighted by Crippen LogP contribution is -2.30. The maximum atomic E-state index is 12.3. The second-order valence-electron chi connectivity index (χ2n) is 6.38. The first-order valence-corrected chi connectivity index (χ1v) is 10.5. The van der Waals surface area contributed by atoms with Crippen LogP contribution in [0.3, 0.4) is 0 Å². The molecule has 0 spiro atoms. The monoisotopic (exact) mass is 416 g/mol. The first kappa shape index (κ1) is 20.7. The van der Waals surface area contributed by atoms with Crippen LogP contribution in [0, 0.1) is 0 Å². The van der Waals surface area contributed by atoms with Crippen LogP contribution in [0.15, 0.2) is 53.4 Å². The summed E-state index contributed by atoms with van der Waals surface area (Å²) in [6.45, 7) is 0.374. The highest BCUT2D eigenvalue weighted by Crippen LogP contribution is 2.22. The summed E-state index contributed by atoms with van der Waals surface area (Å²) >= 11 is 0. The summed E-state index contributed by atoms with van der Waals surface area (Å²) in [5.74, 6) is -1.18. The third-order valence-corrected chi connectivity index (χ3v) is 5.99. The van der Waals surface area contributed by atoms with Crippen molar-refractivity contribution < 1.29 is 27.5 Å². The molecular weight excluding hydrogens is 396 g/mol. The van der Waals surface area contributed by atoms with Crippen LogP contribution in [-0.2, 0) is 14.8 Å². The molecule has 1 N–H and O–H groups in total. The van der Waals surface area contributed by atoms with Crippen LogP contribution in [0.5, 0.6) is 0 Å². The number of hydrogen-bond acceptors (Lipinski definition) is 6. The van der Waals surface area contributed by atoms with Crippen LogP contribution in [0.1, 0.15) is 43.9 Å². The molecule has 1 aliphatic rings. The van der Waals surface area contributed by atoms with Crippen molar-refractivity contribution in [1.82, 2.24) is 9.62 Å². The van der Waals surface area contributed by atoms with Gasteiger partial charge in [-0.2, -0.15) is 0 Å². The molecule has 0 aliphatic carbocycles. The third-order valence-electron chi connectivity index (χ3n) is 4.56. The summed E-state index contributed by atoms with van der Waals surface area (Å²) in [4.78, 5) is 37.8. The maximum absolute atomic E-state index is 12.3.